The number of rotatable bonds is 7. The zero-order valence-corrected chi connectivity index (χ0v) is 15.8. The minimum Gasteiger partial charge on any atom is -0.452 e. The van der Waals surface area contributed by atoms with Crippen molar-refractivity contribution < 1.29 is 22.7 Å². The van der Waals surface area contributed by atoms with Crippen molar-refractivity contribution in [2.75, 3.05) is 26.0 Å². The topological polar surface area (TPSA) is 92.8 Å². The molecule has 2 rings (SSSR count). The lowest BCUT2D eigenvalue weighted by Crippen LogP contribution is -2.22. The molecule has 7 nitrogen and oxygen atoms in total. The molecule has 0 aliphatic carbocycles. The second kappa shape index (κ2) is 9.11. The number of hydrogen-bond donors (Lipinski definition) is 1. The zero-order valence-electron chi connectivity index (χ0n) is 15.0. The monoisotopic (exact) mass is 388 g/mol. The molecule has 0 aromatic heterocycles. The first-order valence-corrected chi connectivity index (χ1v) is 9.45. The van der Waals surface area contributed by atoms with Gasteiger partial charge >= 0.3 is 5.97 Å². The van der Waals surface area contributed by atoms with Gasteiger partial charge in [-0.1, -0.05) is 30.3 Å². The molecule has 1 N–H and O–H groups in total. The van der Waals surface area contributed by atoms with Crippen molar-refractivity contribution in [1.82, 2.24) is 4.31 Å². The fourth-order valence-corrected chi connectivity index (χ4v) is 2.93. The van der Waals surface area contributed by atoms with Gasteiger partial charge in [-0.3, -0.25) is 4.79 Å². The number of ether oxygens (including phenoxy) is 1. The SMILES string of the molecule is CN(C)S(=O)(=O)c1ccc(NC(=O)COC(=O)/C=C/c2ccccc2)cc1. The van der Waals surface area contributed by atoms with Crippen molar-refractivity contribution in [2.24, 2.45) is 0 Å². The lowest BCUT2D eigenvalue weighted by atomic mass is 10.2. The molecule has 0 radical (unpaired) electrons. The number of esters is 1. The minimum absolute atomic E-state index is 0.114. The Morgan fingerprint density at radius 1 is 1.04 bits per heavy atom. The molecular formula is C19H20N2O5S. The van der Waals surface area contributed by atoms with E-state index < -0.39 is 28.5 Å². The summed E-state index contributed by atoms with van der Waals surface area (Å²) in [5.74, 6) is -1.17. The van der Waals surface area contributed by atoms with Crippen molar-refractivity contribution in [3.05, 3.63) is 66.2 Å². The van der Waals surface area contributed by atoms with Gasteiger partial charge in [0.25, 0.3) is 5.91 Å². The molecule has 142 valence electrons. The summed E-state index contributed by atoms with van der Waals surface area (Å²) in [6.45, 7) is -0.449. The van der Waals surface area contributed by atoms with Gasteiger partial charge in [-0.25, -0.2) is 17.5 Å². The Bertz CT molecular complexity index is 920. The normalized spacial score (nSPS) is 11.5. The number of carbonyl (C=O) groups excluding carboxylic acids is 2. The number of amides is 1. The summed E-state index contributed by atoms with van der Waals surface area (Å²) < 4.78 is 29.9. The first-order valence-electron chi connectivity index (χ1n) is 8.01. The van der Waals surface area contributed by atoms with Crippen LogP contribution < -0.4 is 5.32 Å². The molecule has 8 heteroatoms. The van der Waals surface area contributed by atoms with E-state index >= 15 is 0 Å². The molecule has 2 aromatic carbocycles. The Morgan fingerprint density at radius 2 is 1.67 bits per heavy atom. The third-order valence-corrected chi connectivity index (χ3v) is 5.30. The highest BCUT2D eigenvalue weighted by Gasteiger charge is 2.16. The zero-order chi connectivity index (χ0) is 19.9. The van der Waals surface area contributed by atoms with Crippen molar-refractivity contribution in [2.45, 2.75) is 4.90 Å². The van der Waals surface area contributed by atoms with Crippen molar-refractivity contribution in [3.63, 3.8) is 0 Å². The molecule has 0 spiro atoms. The first-order chi connectivity index (χ1) is 12.8. The number of sulfonamides is 1. The Balaban J connectivity index is 1.85. The van der Waals surface area contributed by atoms with Crippen molar-refractivity contribution in [3.8, 4) is 0 Å². The van der Waals surface area contributed by atoms with Gasteiger partial charge in [-0.2, -0.15) is 0 Å². The maximum Gasteiger partial charge on any atom is 0.331 e. The van der Waals surface area contributed by atoms with Crippen LogP contribution in [0.25, 0.3) is 6.08 Å². The Kier molecular flexibility index (Phi) is 6.86. The maximum absolute atomic E-state index is 12.0. The van der Waals surface area contributed by atoms with Gasteiger partial charge < -0.3 is 10.1 Å². The van der Waals surface area contributed by atoms with Crippen LogP contribution in [0.2, 0.25) is 0 Å². The van der Waals surface area contributed by atoms with Crippen molar-refractivity contribution in [1.29, 1.82) is 0 Å². The first kappa shape index (κ1) is 20.3. The van der Waals surface area contributed by atoms with Crippen LogP contribution in [0.15, 0.2) is 65.6 Å². The largest absolute Gasteiger partial charge is 0.452 e. The summed E-state index contributed by atoms with van der Waals surface area (Å²) in [4.78, 5) is 23.6. The highest BCUT2D eigenvalue weighted by atomic mass is 32.2. The van der Waals surface area contributed by atoms with E-state index in [1.165, 1.54) is 44.4 Å². The maximum atomic E-state index is 12.0. The Hall–Kier alpha value is -2.97. The van der Waals surface area contributed by atoms with Crippen LogP contribution in [0.5, 0.6) is 0 Å². The summed E-state index contributed by atoms with van der Waals surface area (Å²) in [6, 6.07) is 14.9. The molecule has 27 heavy (non-hydrogen) atoms. The van der Waals surface area contributed by atoms with Gasteiger partial charge in [0, 0.05) is 25.9 Å². The van der Waals surface area contributed by atoms with E-state index in [0.717, 1.165) is 9.87 Å². The molecule has 1 amide bonds. The molecule has 0 heterocycles. The molecule has 0 unspecified atom stereocenters. The third-order valence-electron chi connectivity index (χ3n) is 3.47. The molecule has 0 saturated carbocycles. The quantitative estimate of drug-likeness (QED) is 0.579. The lowest BCUT2D eigenvalue weighted by Gasteiger charge is -2.12. The minimum atomic E-state index is -3.53. The summed E-state index contributed by atoms with van der Waals surface area (Å²) in [5.41, 5.74) is 1.24. The van der Waals surface area contributed by atoms with Crippen LogP contribution in [-0.4, -0.2) is 45.3 Å². The molecule has 0 aliphatic heterocycles. The number of nitrogens with zero attached hydrogens (tertiary/aromatic N) is 1. The van der Waals surface area contributed by atoms with Gasteiger partial charge in [0.05, 0.1) is 4.90 Å². The van der Waals surface area contributed by atoms with E-state index in [9.17, 15) is 18.0 Å². The van der Waals surface area contributed by atoms with E-state index in [2.05, 4.69) is 5.32 Å². The van der Waals surface area contributed by atoms with E-state index in [1.807, 2.05) is 30.3 Å². The van der Waals surface area contributed by atoms with E-state index in [1.54, 1.807) is 6.08 Å². The molecule has 0 fully saturated rings. The lowest BCUT2D eigenvalue weighted by molar-refractivity contribution is -0.142. The number of anilines is 1. The Labute approximate surface area is 158 Å². The number of hydrogen-bond acceptors (Lipinski definition) is 5. The van der Waals surface area contributed by atoms with Crippen LogP contribution >= 0.6 is 0 Å². The summed E-state index contributed by atoms with van der Waals surface area (Å²) in [5, 5.41) is 2.53. The van der Waals surface area contributed by atoms with Crippen LogP contribution in [0.4, 0.5) is 5.69 Å². The summed E-state index contributed by atoms with van der Waals surface area (Å²) in [7, 11) is -0.657. The van der Waals surface area contributed by atoms with Crippen LogP contribution in [0.3, 0.4) is 0 Å². The number of nitrogens with one attached hydrogen (secondary N) is 1. The van der Waals surface area contributed by atoms with Crippen LogP contribution in [0.1, 0.15) is 5.56 Å². The predicted molar refractivity (Wildman–Crippen MR) is 102 cm³/mol. The molecular weight excluding hydrogens is 368 g/mol. The fourth-order valence-electron chi connectivity index (χ4n) is 2.03. The summed E-state index contributed by atoms with van der Waals surface area (Å²) >= 11 is 0. The average molecular weight is 388 g/mol. The molecule has 0 aliphatic rings. The van der Waals surface area contributed by atoms with Gasteiger partial charge in [0.15, 0.2) is 6.61 Å². The number of benzene rings is 2. The second-order valence-corrected chi connectivity index (χ2v) is 7.86. The summed E-state index contributed by atoms with van der Waals surface area (Å²) in [6.07, 6.45) is 2.83. The average Bonchev–Trinajstić information content (AvgIpc) is 2.66. The number of carbonyl (C=O) groups is 2. The highest BCUT2D eigenvalue weighted by Crippen LogP contribution is 2.16. The van der Waals surface area contributed by atoms with Crippen molar-refractivity contribution >= 4 is 33.7 Å². The van der Waals surface area contributed by atoms with Crippen LogP contribution in [0, 0.1) is 0 Å². The molecule has 0 atom stereocenters. The van der Waals surface area contributed by atoms with E-state index in [-0.39, 0.29) is 4.90 Å². The fraction of sp³-hybridized carbons (Fsp3) is 0.158. The standard InChI is InChI=1S/C19H20N2O5S/c1-21(2)27(24,25)17-11-9-16(10-12-17)20-18(22)14-26-19(23)13-8-15-6-4-3-5-7-15/h3-13H,14H2,1-2H3,(H,20,22)/b13-8+. The molecule has 0 saturated heterocycles. The second-order valence-electron chi connectivity index (χ2n) is 5.71. The molecule has 2 aromatic rings. The van der Waals surface area contributed by atoms with Gasteiger partial charge in [0.2, 0.25) is 10.0 Å². The highest BCUT2D eigenvalue weighted by molar-refractivity contribution is 7.89. The van der Waals surface area contributed by atoms with E-state index in [0.29, 0.717) is 5.69 Å². The predicted octanol–water partition coefficient (Wildman–Crippen LogP) is 2.13. The van der Waals surface area contributed by atoms with Gasteiger partial charge in [-0.05, 0) is 35.9 Å². The van der Waals surface area contributed by atoms with E-state index in [4.69, 9.17) is 4.74 Å². The third kappa shape index (κ3) is 6.05. The van der Waals surface area contributed by atoms with Gasteiger partial charge in [-0.15, -0.1) is 0 Å². The van der Waals surface area contributed by atoms with Crippen LogP contribution in [-0.2, 0) is 24.3 Å². The van der Waals surface area contributed by atoms with Gasteiger partial charge in [0.1, 0.15) is 0 Å². The molecule has 0 bridgehead atoms. The smallest absolute Gasteiger partial charge is 0.331 e. The Morgan fingerprint density at radius 3 is 2.26 bits per heavy atom.